The minimum atomic E-state index is -0.807. The van der Waals surface area contributed by atoms with Gasteiger partial charge >= 0.3 is 0 Å². The molecule has 288 valence electrons. The van der Waals surface area contributed by atoms with Gasteiger partial charge in [-0.2, -0.15) is 0 Å². The summed E-state index contributed by atoms with van der Waals surface area (Å²) in [5, 5.41) is 3.00. The number of ether oxygens (including phenoxy) is 2. The molecule has 3 N–H and O–H groups in total. The van der Waals surface area contributed by atoms with Crippen LogP contribution in [0.4, 0.5) is 0 Å². The van der Waals surface area contributed by atoms with Crippen LogP contribution in [-0.4, -0.2) is 86.0 Å². The first kappa shape index (κ1) is 36.1. The van der Waals surface area contributed by atoms with Gasteiger partial charge in [-0.15, -0.1) is 0 Å². The maximum absolute atomic E-state index is 14.2. The van der Waals surface area contributed by atoms with Gasteiger partial charge in [0.1, 0.15) is 29.9 Å². The van der Waals surface area contributed by atoms with Crippen LogP contribution in [0, 0.1) is 0 Å². The van der Waals surface area contributed by atoms with Gasteiger partial charge in [-0.05, 0) is 79.2 Å². The highest BCUT2D eigenvalue weighted by molar-refractivity contribution is 5.90. The standard InChI is InChI=1S/C44H47N7O5/c52-42(37-12-6-24-55-37)49-39(32-8-2-1-3-9-32)44(54)51-23-5-11-36(51)41-46-27-34(48-41)31-20-16-29(17-21-31)28-14-18-30(19-15-28)33-26-45-40(47-33)35-10-4-22-50(35)43(53)38-13-7-25-56-38/h1-3,8-9,14-21,26-27,35-39H,4-7,10-13,22-25H2,(H,45,47)(H,46,48)(H,49,52)/t35?,36?,37-,38?,39+/m0/s1. The lowest BCUT2D eigenvalue weighted by molar-refractivity contribution is -0.142. The summed E-state index contributed by atoms with van der Waals surface area (Å²) < 4.78 is 11.3. The molecular weight excluding hydrogens is 707 g/mol. The van der Waals surface area contributed by atoms with Crippen molar-refractivity contribution in [1.82, 2.24) is 35.1 Å². The van der Waals surface area contributed by atoms with E-state index in [-0.39, 0.29) is 35.9 Å². The van der Waals surface area contributed by atoms with E-state index in [1.54, 1.807) is 0 Å². The Kier molecular flexibility index (Phi) is 10.2. The number of nitrogens with one attached hydrogen (secondary N) is 3. The maximum atomic E-state index is 14.2. The van der Waals surface area contributed by atoms with Gasteiger partial charge in [-0.1, -0.05) is 78.9 Å². The number of H-pyrrole nitrogens is 2. The van der Waals surface area contributed by atoms with E-state index in [4.69, 9.17) is 19.4 Å². The molecule has 0 aliphatic carbocycles. The summed E-state index contributed by atoms with van der Waals surface area (Å²) >= 11 is 0. The number of likely N-dealkylation sites (tertiary alicyclic amines) is 2. The number of imidazole rings is 2. The Hall–Kier alpha value is -5.59. The van der Waals surface area contributed by atoms with Crippen LogP contribution in [0.3, 0.4) is 0 Å². The SMILES string of the molecule is O=C(N[C@@H](C(=O)N1CCCC1c1ncc(-c2ccc(-c3ccc(-c4cnc(C5CCCN5C(=O)C5CCCO5)[nH]4)cc3)cc2)[nH]1)c1ccccc1)[C@@H]1CCCO1. The van der Waals surface area contributed by atoms with Crippen molar-refractivity contribution in [3.8, 4) is 33.6 Å². The van der Waals surface area contributed by atoms with Crippen LogP contribution in [0.2, 0.25) is 0 Å². The minimum absolute atomic E-state index is 0.0491. The molecule has 3 amide bonds. The van der Waals surface area contributed by atoms with Crippen molar-refractivity contribution in [3.63, 3.8) is 0 Å². The molecule has 4 saturated heterocycles. The van der Waals surface area contributed by atoms with Crippen molar-refractivity contribution in [3.05, 3.63) is 108 Å². The highest BCUT2D eigenvalue weighted by Gasteiger charge is 2.39. The lowest BCUT2D eigenvalue weighted by Crippen LogP contribution is -2.45. The summed E-state index contributed by atoms with van der Waals surface area (Å²) in [4.78, 5) is 60.6. The molecule has 12 nitrogen and oxygen atoms in total. The average molecular weight is 754 g/mol. The van der Waals surface area contributed by atoms with E-state index in [9.17, 15) is 14.4 Å². The van der Waals surface area contributed by atoms with Gasteiger partial charge in [0.25, 0.3) is 5.91 Å². The number of hydrogen-bond donors (Lipinski definition) is 3. The molecule has 5 atom stereocenters. The number of aromatic nitrogens is 4. The van der Waals surface area contributed by atoms with E-state index >= 15 is 0 Å². The van der Waals surface area contributed by atoms with Crippen LogP contribution in [-0.2, 0) is 23.9 Å². The van der Waals surface area contributed by atoms with E-state index in [0.29, 0.717) is 26.2 Å². The predicted molar refractivity (Wildman–Crippen MR) is 210 cm³/mol. The molecule has 0 bridgehead atoms. The number of aromatic amines is 2. The molecular formula is C44H47N7O5. The first-order chi connectivity index (χ1) is 27.5. The summed E-state index contributed by atoms with van der Waals surface area (Å²) in [5.74, 6) is 1.26. The van der Waals surface area contributed by atoms with Crippen LogP contribution >= 0.6 is 0 Å². The Morgan fingerprint density at radius 1 is 0.625 bits per heavy atom. The van der Waals surface area contributed by atoms with Gasteiger partial charge in [-0.25, -0.2) is 9.97 Å². The number of amides is 3. The Labute approximate surface area is 326 Å². The van der Waals surface area contributed by atoms with E-state index in [2.05, 4.69) is 63.8 Å². The molecule has 4 aliphatic rings. The zero-order valence-corrected chi connectivity index (χ0v) is 31.4. The minimum Gasteiger partial charge on any atom is -0.368 e. The summed E-state index contributed by atoms with van der Waals surface area (Å²) in [6, 6.07) is 25.1. The zero-order chi connectivity index (χ0) is 38.0. The molecule has 56 heavy (non-hydrogen) atoms. The van der Waals surface area contributed by atoms with Crippen LogP contribution in [0.15, 0.2) is 91.3 Å². The second kappa shape index (κ2) is 15.9. The monoisotopic (exact) mass is 753 g/mol. The fraction of sp³-hybridized carbons (Fsp3) is 0.386. The van der Waals surface area contributed by atoms with Crippen molar-refractivity contribution in [2.75, 3.05) is 26.3 Å². The number of nitrogens with zero attached hydrogens (tertiary/aromatic N) is 4. The van der Waals surface area contributed by atoms with Crippen LogP contribution in [0.5, 0.6) is 0 Å². The quantitative estimate of drug-likeness (QED) is 0.144. The predicted octanol–water partition coefficient (Wildman–Crippen LogP) is 6.68. The molecule has 5 aromatic rings. The van der Waals surface area contributed by atoms with E-state index in [1.807, 2.05) is 52.5 Å². The van der Waals surface area contributed by atoms with Crippen molar-refractivity contribution in [2.45, 2.75) is 81.7 Å². The zero-order valence-electron chi connectivity index (χ0n) is 31.4. The Morgan fingerprint density at radius 2 is 1.14 bits per heavy atom. The summed E-state index contributed by atoms with van der Waals surface area (Å²) in [6.07, 6.45) is 9.56. The van der Waals surface area contributed by atoms with E-state index in [0.717, 1.165) is 102 Å². The summed E-state index contributed by atoms with van der Waals surface area (Å²) in [5.41, 5.74) is 6.75. The number of carbonyl (C=O) groups excluding carboxylic acids is 3. The first-order valence-electron chi connectivity index (χ1n) is 20.0. The molecule has 0 saturated carbocycles. The fourth-order valence-corrected chi connectivity index (χ4v) is 8.70. The largest absolute Gasteiger partial charge is 0.368 e. The van der Waals surface area contributed by atoms with E-state index < -0.39 is 12.1 Å². The van der Waals surface area contributed by atoms with Gasteiger partial charge in [0.05, 0.1) is 35.9 Å². The maximum Gasteiger partial charge on any atom is 0.252 e. The Bertz CT molecular complexity index is 2150. The number of rotatable bonds is 10. The molecule has 9 rings (SSSR count). The molecule has 3 unspecified atom stereocenters. The van der Waals surface area contributed by atoms with Crippen molar-refractivity contribution < 1.29 is 23.9 Å². The van der Waals surface area contributed by atoms with Crippen molar-refractivity contribution >= 4 is 17.7 Å². The van der Waals surface area contributed by atoms with Crippen LogP contribution in [0.25, 0.3) is 33.6 Å². The van der Waals surface area contributed by atoms with Gasteiger partial charge < -0.3 is 34.6 Å². The second-order valence-electron chi connectivity index (χ2n) is 15.3. The second-order valence-corrected chi connectivity index (χ2v) is 15.3. The Morgan fingerprint density at radius 3 is 1.70 bits per heavy atom. The van der Waals surface area contributed by atoms with E-state index in [1.165, 1.54) is 0 Å². The Balaban J connectivity index is 0.859. The molecule has 12 heteroatoms. The molecule has 4 fully saturated rings. The third kappa shape index (κ3) is 7.26. The third-order valence-corrected chi connectivity index (χ3v) is 11.7. The normalized spacial score (nSPS) is 22.8. The van der Waals surface area contributed by atoms with Gasteiger partial charge in [0, 0.05) is 26.3 Å². The molecule has 6 heterocycles. The lowest BCUT2D eigenvalue weighted by Gasteiger charge is -2.29. The average Bonchev–Trinajstić information content (AvgIpc) is 4.10. The number of hydrogen-bond acceptors (Lipinski definition) is 7. The molecule has 0 spiro atoms. The van der Waals surface area contributed by atoms with Gasteiger partial charge in [0.2, 0.25) is 11.8 Å². The third-order valence-electron chi connectivity index (χ3n) is 11.7. The molecule has 3 aromatic carbocycles. The summed E-state index contributed by atoms with van der Waals surface area (Å²) in [6.45, 7) is 2.55. The summed E-state index contributed by atoms with van der Waals surface area (Å²) in [7, 11) is 0. The molecule has 2 aromatic heterocycles. The topological polar surface area (TPSA) is 146 Å². The highest BCUT2D eigenvalue weighted by Crippen LogP contribution is 2.36. The number of carbonyl (C=O) groups is 3. The number of benzene rings is 3. The molecule has 4 aliphatic heterocycles. The van der Waals surface area contributed by atoms with Gasteiger partial charge in [0.15, 0.2) is 0 Å². The van der Waals surface area contributed by atoms with Crippen LogP contribution in [0.1, 0.15) is 86.7 Å². The van der Waals surface area contributed by atoms with Crippen molar-refractivity contribution in [1.29, 1.82) is 0 Å². The lowest BCUT2D eigenvalue weighted by atomic mass is 10.0. The highest BCUT2D eigenvalue weighted by atomic mass is 16.5. The van der Waals surface area contributed by atoms with Gasteiger partial charge in [-0.3, -0.25) is 14.4 Å². The first-order valence-corrected chi connectivity index (χ1v) is 20.0. The van der Waals surface area contributed by atoms with Crippen LogP contribution < -0.4 is 5.32 Å². The smallest absolute Gasteiger partial charge is 0.252 e. The van der Waals surface area contributed by atoms with Crippen molar-refractivity contribution in [2.24, 2.45) is 0 Å². The molecule has 0 radical (unpaired) electrons. The fourth-order valence-electron chi connectivity index (χ4n) is 8.70.